The number of hydrogen-bond acceptors (Lipinski definition) is 9. The number of allylic oxidation sites excluding steroid dienone is 1. The predicted molar refractivity (Wildman–Crippen MR) is 139 cm³/mol. The van der Waals surface area contributed by atoms with Crippen molar-refractivity contribution in [2.24, 2.45) is 10.7 Å². The molecule has 3 rings (SSSR count). The maximum absolute atomic E-state index is 14.1. The Morgan fingerprint density at radius 3 is 2.35 bits per heavy atom. The van der Waals surface area contributed by atoms with Gasteiger partial charge in [0.05, 0.1) is 17.7 Å². The van der Waals surface area contributed by atoms with E-state index in [2.05, 4.69) is 10.1 Å². The van der Waals surface area contributed by atoms with Crippen molar-refractivity contribution in [2.75, 3.05) is 7.05 Å². The summed E-state index contributed by atoms with van der Waals surface area (Å²) in [5.74, 6) is -1.08. The van der Waals surface area contributed by atoms with E-state index in [1.807, 2.05) is 0 Å². The zero-order valence-corrected chi connectivity index (χ0v) is 22.5. The third-order valence-corrected chi connectivity index (χ3v) is 5.39. The van der Waals surface area contributed by atoms with E-state index in [1.54, 1.807) is 79.9 Å². The van der Waals surface area contributed by atoms with Crippen LogP contribution in [0.1, 0.15) is 81.4 Å². The molecule has 2 N–H and O–H groups in total. The summed E-state index contributed by atoms with van der Waals surface area (Å²) in [6.45, 7) is 12.0. The summed E-state index contributed by atoms with van der Waals surface area (Å²) in [5, 5.41) is 4.10. The minimum absolute atomic E-state index is 0.193. The first-order valence-corrected chi connectivity index (χ1v) is 11.9. The van der Waals surface area contributed by atoms with Crippen molar-refractivity contribution in [3.8, 4) is 11.1 Å². The van der Waals surface area contributed by atoms with Crippen LogP contribution in [0.3, 0.4) is 0 Å². The molecule has 1 aliphatic heterocycles. The number of benzene rings is 1. The fourth-order valence-electron chi connectivity index (χ4n) is 4.05. The minimum Gasteiger partial charge on any atom is -0.460 e. The summed E-state index contributed by atoms with van der Waals surface area (Å²) in [5.41, 5.74) is 7.05. The van der Waals surface area contributed by atoms with Crippen molar-refractivity contribution < 1.29 is 28.4 Å². The number of carbonyl (C=O) groups excluding carboxylic acids is 3. The lowest BCUT2D eigenvalue weighted by Crippen LogP contribution is -2.43. The van der Waals surface area contributed by atoms with Gasteiger partial charge in [0.25, 0.3) is 5.91 Å². The summed E-state index contributed by atoms with van der Waals surface area (Å²) < 4.78 is 16.8. The Bertz CT molecular complexity index is 1280. The lowest BCUT2D eigenvalue weighted by atomic mass is 9.94. The van der Waals surface area contributed by atoms with Gasteiger partial charge in [-0.05, 0) is 65.7 Å². The van der Waals surface area contributed by atoms with Gasteiger partial charge in [-0.15, -0.1) is 0 Å². The fourth-order valence-corrected chi connectivity index (χ4v) is 4.05. The quantitative estimate of drug-likeness (QED) is 0.457. The van der Waals surface area contributed by atoms with Gasteiger partial charge < -0.3 is 19.7 Å². The molecule has 1 aromatic carbocycles. The average molecular weight is 511 g/mol. The Kier molecular flexibility index (Phi) is 7.62. The van der Waals surface area contributed by atoms with E-state index in [0.717, 1.165) is 4.90 Å². The van der Waals surface area contributed by atoms with Crippen molar-refractivity contribution in [3.63, 3.8) is 0 Å². The molecule has 198 valence electrons. The van der Waals surface area contributed by atoms with Crippen LogP contribution in [0, 0.1) is 6.92 Å². The monoisotopic (exact) mass is 510 g/mol. The highest BCUT2D eigenvalue weighted by Gasteiger charge is 2.44. The van der Waals surface area contributed by atoms with Gasteiger partial charge in [-0.3, -0.25) is 14.6 Å². The van der Waals surface area contributed by atoms with Crippen LogP contribution in [-0.4, -0.2) is 52.5 Å². The molecule has 2 amide bonds. The highest BCUT2D eigenvalue weighted by atomic mass is 16.6. The summed E-state index contributed by atoms with van der Waals surface area (Å²) >= 11 is 0. The Balaban J connectivity index is 2.26. The molecule has 0 bridgehead atoms. The Morgan fingerprint density at radius 1 is 1.14 bits per heavy atom. The second kappa shape index (κ2) is 10.2. The van der Waals surface area contributed by atoms with E-state index in [4.69, 9.17) is 19.7 Å². The SMILES string of the molecule is CN=CC(=CN)c1ccc2c(c1)C(=O)N(C(=O)OC(C)(C)C)[C@@H](CC(=O)OC(C)(C)C)c1onc(C)c1-2. The lowest BCUT2D eigenvalue weighted by Gasteiger charge is -2.30. The van der Waals surface area contributed by atoms with Crippen molar-refractivity contribution >= 4 is 29.8 Å². The maximum Gasteiger partial charge on any atom is 0.418 e. The van der Waals surface area contributed by atoms with Crippen LogP contribution >= 0.6 is 0 Å². The predicted octanol–water partition coefficient (Wildman–Crippen LogP) is 4.81. The van der Waals surface area contributed by atoms with Crippen LogP contribution in [-0.2, 0) is 14.3 Å². The molecule has 0 unspecified atom stereocenters. The topological polar surface area (TPSA) is 137 Å². The molecule has 0 saturated heterocycles. The minimum atomic E-state index is -1.15. The number of aryl methyl sites for hydroxylation is 1. The van der Waals surface area contributed by atoms with E-state index in [-0.39, 0.29) is 17.7 Å². The van der Waals surface area contributed by atoms with Gasteiger partial charge in [0, 0.05) is 30.6 Å². The highest BCUT2D eigenvalue weighted by Crippen LogP contribution is 2.43. The second-order valence-corrected chi connectivity index (χ2v) is 10.7. The van der Waals surface area contributed by atoms with Crippen molar-refractivity contribution in [3.05, 3.63) is 47.0 Å². The van der Waals surface area contributed by atoms with Crippen molar-refractivity contribution in [1.82, 2.24) is 10.1 Å². The van der Waals surface area contributed by atoms with E-state index in [1.165, 1.54) is 6.20 Å². The number of imide groups is 1. The van der Waals surface area contributed by atoms with Gasteiger partial charge in [0.15, 0.2) is 5.76 Å². The maximum atomic E-state index is 14.1. The Hall–Kier alpha value is -3.95. The molecule has 2 heterocycles. The summed E-state index contributed by atoms with van der Waals surface area (Å²) in [6, 6.07) is 4.00. The number of amides is 2. The van der Waals surface area contributed by atoms with Crippen LogP contribution in [0.5, 0.6) is 0 Å². The number of carbonyl (C=O) groups is 3. The van der Waals surface area contributed by atoms with Gasteiger partial charge in [-0.2, -0.15) is 0 Å². The first kappa shape index (κ1) is 27.6. The zero-order chi connectivity index (χ0) is 27.7. The van der Waals surface area contributed by atoms with Gasteiger partial charge >= 0.3 is 12.1 Å². The molecule has 0 radical (unpaired) electrons. The first-order chi connectivity index (χ1) is 17.2. The second-order valence-electron chi connectivity index (χ2n) is 10.7. The van der Waals surface area contributed by atoms with E-state index in [0.29, 0.717) is 28.0 Å². The van der Waals surface area contributed by atoms with Crippen LogP contribution in [0.2, 0.25) is 0 Å². The third kappa shape index (κ3) is 6.07. The number of nitrogens with zero attached hydrogens (tertiary/aromatic N) is 3. The number of aliphatic imine (C=N–C) groups is 1. The standard InChI is InChI=1S/C27H34N4O6/c1-15-22-18-10-9-16(17(13-28)14-29-8)11-19(18)24(33)31(25(34)36-27(5,6)7)20(23(22)37-30-15)12-21(32)35-26(2,3)4/h9-11,13-14,20H,12,28H2,1-8H3/t20-/m0/s1. The molecule has 37 heavy (non-hydrogen) atoms. The Labute approximate surface area is 216 Å². The lowest BCUT2D eigenvalue weighted by molar-refractivity contribution is -0.156. The molecule has 10 nitrogen and oxygen atoms in total. The van der Waals surface area contributed by atoms with Gasteiger partial charge in [0.2, 0.25) is 0 Å². The van der Waals surface area contributed by atoms with Gasteiger partial charge in [-0.25, -0.2) is 9.69 Å². The van der Waals surface area contributed by atoms with E-state index < -0.39 is 35.2 Å². The molecular weight excluding hydrogens is 476 g/mol. The normalized spacial score (nSPS) is 16.3. The molecule has 1 aliphatic rings. The number of aromatic nitrogens is 1. The first-order valence-electron chi connectivity index (χ1n) is 11.9. The van der Waals surface area contributed by atoms with Gasteiger partial charge in [-0.1, -0.05) is 17.3 Å². The molecule has 10 heteroatoms. The Morgan fingerprint density at radius 2 is 1.78 bits per heavy atom. The number of rotatable bonds is 4. The van der Waals surface area contributed by atoms with E-state index in [9.17, 15) is 14.4 Å². The summed E-state index contributed by atoms with van der Waals surface area (Å²) in [6.07, 6.45) is 1.68. The number of fused-ring (bicyclic) bond motifs is 3. The number of ether oxygens (including phenoxy) is 2. The summed E-state index contributed by atoms with van der Waals surface area (Å²) in [7, 11) is 1.61. The molecule has 0 aliphatic carbocycles. The summed E-state index contributed by atoms with van der Waals surface area (Å²) in [4.78, 5) is 45.4. The average Bonchev–Trinajstić information content (AvgIpc) is 3.10. The van der Waals surface area contributed by atoms with Crippen LogP contribution in [0.15, 0.2) is 33.9 Å². The number of hydrogen-bond donors (Lipinski definition) is 1. The fraction of sp³-hybridized carbons (Fsp3) is 0.444. The molecule has 0 saturated carbocycles. The number of esters is 1. The molecular formula is C27H34N4O6. The molecule has 1 atom stereocenters. The molecule has 2 aromatic rings. The van der Waals surface area contributed by atoms with Crippen molar-refractivity contribution in [2.45, 2.75) is 72.1 Å². The van der Waals surface area contributed by atoms with Crippen LogP contribution in [0.25, 0.3) is 16.7 Å². The van der Waals surface area contributed by atoms with Crippen LogP contribution in [0.4, 0.5) is 4.79 Å². The van der Waals surface area contributed by atoms with E-state index >= 15 is 0 Å². The molecule has 0 fully saturated rings. The third-order valence-electron chi connectivity index (χ3n) is 5.39. The van der Waals surface area contributed by atoms with Crippen LogP contribution < -0.4 is 5.73 Å². The molecule has 1 aromatic heterocycles. The number of nitrogens with two attached hydrogens (primary N) is 1. The van der Waals surface area contributed by atoms with Gasteiger partial charge in [0.1, 0.15) is 17.2 Å². The molecule has 0 spiro atoms. The highest BCUT2D eigenvalue weighted by molar-refractivity contribution is 6.13. The smallest absolute Gasteiger partial charge is 0.418 e. The zero-order valence-electron chi connectivity index (χ0n) is 22.5. The largest absolute Gasteiger partial charge is 0.460 e. The van der Waals surface area contributed by atoms with Crippen molar-refractivity contribution in [1.29, 1.82) is 0 Å².